The molecule has 0 N–H and O–H groups in total. The second kappa shape index (κ2) is 16.4. The van der Waals surface area contributed by atoms with Gasteiger partial charge >= 0.3 is 30.2 Å². The normalized spacial score (nSPS) is 13.5. The third-order valence-electron chi connectivity index (χ3n) is 6.00. The minimum absolute atomic E-state index is 0. The summed E-state index contributed by atoms with van der Waals surface area (Å²) >= 11 is 1.36. The van der Waals surface area contributed by atoms with Gasteiger partial charge in [-0.3, -0.25) is 6.08 Å². The summed E-state index contributed by atoms with van der Waals surface area (Å²) in [6, 6.07) is 28.1. The Morgan fingerprint density at radius 1 is 0.765 bits per heavy atom. The Morgan fingerprint density at radius 2 is 1.32 bits per heavy atom. The Morgan fingerprint density at radius 3 is 1.88 bits per heavy atom. The first-order valence-electron chi connectivity index (χ1n) is 10.2. The van der Waals surface area contributed by atoms with Gasteiger partial charge in [-0.1, -0.05) is 80.8 Å². The van der Waals surface area contributed by atoms with Gasteiger partial charge in [0.25, 0.3) is 0 Å². The fourth-order valence-corrected chi connectivity index (χ4v) is 4.01. The van der Waals surface area contributed by atoms with Gasteiger partial charge in [0.1, 0.15) is 0 Å². The van der Waals surface area contributed by atoms with E-state index in [-0.39, 0.29) is 39.7 Å². The zero-order valence-corrected chi connectivity index (χ0v) is 26.0. The molecule has 1 aliphatic carbocycles. The number of hydrogen-bond acceptors (Lipinski definition) is 0. The zero-order valence-electron chi connectivity index (χ0n) is 20.9. The fourth-order valence-electron chi connectivity index (χ4n) is 4.01. The van der Waals surface area contributed by atoms with Gasteiger partial charge in [0.15, 0.2) is 0 Å². The van der Waals surface area contributed by atoms with Gasteiger partial charge in [0, 0.05) is 0 Å². The van der Waals surface area contributed by atoms with Crippen molar-refractivity contribution in [3.63, 3.8) is 0 Å². The molecule has 4 heteroatoms. The van der Waals surface area contributed by atoms with E-state index in [0.717, 1.165) is 0 Å². The van der Waals surface area contributed by atoms with E-state index in [1.54, 1.807) is 0 Å². The number of benzene rings is 3. The summed E-state index contributed by atoms with van der Waals surface area (Å²) in [6.07, 6.45) is 3.36. The van der Waals surface area contributed by atoms with E-state index in [1.165, 1.54) is 72.7 Å². The van der Waals surface area contributed by atoms with Crippen LogP contribution in [0.4, 0.5) is 0 Å². The van der Waals surface area contributed by atoms with Crippen LogP contribution >= 0.6 is 24.8 Å². The van der Waals surface area contributed by atoms with Gasteiger partial charge in [-0.2, -0.15) is 11.1 Å². The van der Waals surface area contributed by atoms with Crippen molar-refractivity contribution in [2.45, 2.75) is 27.7 Å². The molecule has 5 rings (SSSR count). The third-order valence-corrected chi connectivity index (χ3v) is 6.00. The molecular formula is C30H34Cl2SiZr-4. The van der Waals surface area contributed by atoms with Gasteiger partial charge in [-0.25, -0.2) is 5.57 Å². The second-order valence-corrected chi connectivity index (χ2v) is 7.66. The molecule has 0 saturated heterocycles. The monoisotopic (exact) mass is 582 g/mol. The molecular weight excluding hydrogens is 551 g/mol. The van der Waals surface area contributed by atoms with Crippen molar-refractivity contribution < 1.29 is 23.3 Å². The van der Waals surface area contributed by atoms with E-state index in [4.69, 9.17) is 0 Å². The molecule has 1 aliphatic rings. The second-order valence-electron chi connectivity index (χ2n) is 7.66. The predicted octanol–water partition coefficient (Wildman–Crippen LogP) is 9.46. The van der Waals surface area contributed by atoms with Crippen molar-refractivity contribution in [2.24, 2.45) is 5.92 Å². The van der Waals surface area contributed by atoms with Crippen LogP contribution in [0.25, 0.3) is 32.7 Å². The number of hydrogen-bond donors (Lipinski definition) is 0. The standard InChI is InChI=1S/C19H13.C9H13.2CH3.2ClH.Si.Zr/c1-3-9-16-14(6-1)8-5-11-18(16)19-13-12-15-7-2-4-10-17(15)19;1-6-5-7(2)9(4)8(6)3;;;;;;/h1-13H;6H,1-4H3;2*1H3;2*1H;;/q4*-1;;;;. The van der Waals surface area contributed by atoms with Crippen LogP contribution < -0.4 is 0 Å². The van der Waals surface area contributed by atoms with E-state index in [1.807, 2.05) is 0 Å². The summed E-state index contributed by atoms with van der Waals surface area (Å²) in [7, 11) is 0. The maximum Gasteiger partial charge on any atom is -0.0186 e. The predicted molar refractivity (Wildman–Crippen MR) is 156 cm³/mol. The molecule has 0 amide bonds. The summed E-state index contributed by atoms with van der Waals surface area (Å²) in [5, 5.41) is 5.26. The molecule has 4 aromatic carbocycles. The molecule has 0 nitrogen and oxygen atoms in total. The van der Waals surface area contributed by atoms with Crippen LogP contribution in [-0.4, -0.2) is 6.88 Å². The van der Waals surface area contributed by atoms with Crippen LogP contribution in [-0.2, 0) is 23.3 Å². The Kier molecular flexibility index (Phi) is 16.8. The summed E-state index contributed by atoms with van der Waals surface area (Å²) in [5.41, 5.74) is 6.89. The molecule has 1 unspecified atom stereocenters. The average Bonchev–Trinajstić information content (AvgIpc) is 3.32. The maximum absolute atomic E-state index is 3.36. The van der Waals surface area contributed by atoms with E-state index in [2.05, 4.69) is 120 Å². The number of allylic oxidation sites excluding steroid dienone is 4. The van der Waals surface area contributed by atoms with Gasteiger partial charge in [0.05, 0.1) is 0 Å². The van der Waals surface area contributed by atoms with Crippen LogP contribution in [0.5, 0.6) is 0 Å². The molecule has 0 heterocycles. The average molecular weight is 585 g/mol. The molecule has 180 valence electrons. The van der Waals surface area contributed by atoms with Crippen molar-refractivity contribution in [3.8, 4) is 11.1 Å². The summed E-state index contributed by atoms with van der Waals surface area (Å²) in [6.45, 7) is 11.7. The first kappa shape index (κ1) is 34.9. The van der Waals surface area contributed by atoms with Gasteiger partial charge in [0.2, 0.25) is 0 Å². The maximum atomic E-state index is 3.36. The quantitative estimate of drug-likeness (QED) is 0.154. The van der Waals surface area contributed by atoms with Gasteiger partial charge in [-0.15, -0.1) is 78.4 Å². The Bertz CT molecular complexity index is 1230. The number of halogens is 2. The van der Waals surface area contributed by atoms with Crippen molar-refractivity contribution in [3.05, 3.63) is 117 Å². The molecule has 4 aromatic rings. The Balaban J connectivity index is 0. The van der Waals surface area contributed by atoms with Gasteiger partial charge in [-0.05, 0) is 10.8 Å². The smallest absolute Gasteiger partial charge is 0.0186 e. The zero-order chi connectivity index (χ0) is 21.7. The van der Waals surface area contributed by atoms with Crippen LogP contribution in [0.1, 0.15) is 27.7 Å². The SMILES string of the molecule is CC1=[C-]C(C)C(C)=C1C.Cl.Cl.[CH3-].[CH3-].[Si]=[Zr].c1ccc2c(-c3c[cH-]c4ccccc34)cccc2c1. The van der Waals surface area contributed by atoms with E-state index >= 15 is 0 Å². The molecule has 0 spiro atoms. The molecule has 34 heavy (non-hydrogen) atoms. The number of rotatable bonds is 1. The first-order valence-corrected chi connectivity index (χ1v) is 14.4. The minimum Gasteiger partial charge on any atom is -0.150 e. The van der Waals surface area contributed by atoms with Crippen LogP contribution in [0.3, 0.4) is 0 Å². The van der Waals surface area contributed by atoms with Gasteiger partial charge < -0.3 is 14.9 Å². The van der Waals surface area contributed by atoms with Crippen LogP contribution in [0.2, 0.25) is 0 Å². The summed E-state index contributed by atoms with van der Waals surface area (Å²) in [5.74, 6) is 0.560. The summed E-state index contributed by atoms with van der Waals surface area (Å²) in [4.78, 5) is 0. The summed E-state index contributed by atoms with van der Waals surface area (Å²) < 4.78 is 0. The first-order chi connectivity index (χ1) is 14.6. The van der Waals surface area contributed by atoms with Crippen molar-refractivity contribution in [2.75, 3.05) is 0 Å². The number of fused-ring (bicyclic) bond motifs is 2. The molecule has 0 aliphatic heterocycles. The minimum atomic E-state index is 0. The molecule has 2 radical (unpaired) electrons. The Hall–Kier alpha value is -1.31. The van der Waals surface area contributed by atoms with Crippen LogP contribution in [0.15, 0.2) is 95.6 Å². The molecule has 0 saturated carbocycles. The topological polar surface area (TPSA) is 0 Å². The largest absolute Gasteiger partial charge is 0.150 e. The fraction of sp³-hybridized carbons (Fsp3) is 0.167. The van der Waals surface area contributed by atoms with E-state index in [0.29, 0.717) is 5.92 Å². The molecule has 0 fully saturated rings. The van der Waals surface area contributed by atoms with E-state index < -0.39 is 0 Å². The van der Waals surface area contributed by atoms with Crippen LogP contribution in [0, 0.1) is 26.8 Å². The molecule has 1 atom stereocenters. The third kappa shape index (κ3) is 7.59. The molecule has 0 bridgehead atoms. The van der Waals surface area contributed by atoms with Crippen molar-refractivity contribution >= 4 is 53.2 Å². The molecule has 0 aromatic heterocycles. The Labute approximate surface area is 236 Å². The van der Waals surface area contributed by atoms with Crippen molar-refractivity contribution in [1.29, 1.82) is 0 Å². The van der Waals surface area contributed by atoms with E-state index in [9.17, 15) is 0 Å². The van der Waals surface area contributed by atoms with Crippen molar-refractivity contribution in [1.82, 2.24) is 0 Å².